The molecule has 32 heavy (non-hydrogen) atoms. The minimum atomic E-state index is -0.341. The molecule has 3 heterocycles. The van der Waals surface area contributed by atoms with E-state index in [1.807, 2.05) is 48.7 Å². The van der Waals surface area contributed by atoms with Crippen LogP contribution >= 0.6 is 11.3 Å². The van der Waals surface area contributed by atoms with Crippen LogP contribution in [0.3, 0.4) is 0 Å². The number of fused-ring (bicyclic) bond motifs is 1. The van der Waals surface area contributed by atoms with Crippen molar-refractivity contribution in [2.75, 3.05) is 0 Å². The summed E-state index contributed by atoms with van der Waals surface area (Å²) in [7, 11) is 0. The number of nitrogens with zero attached hydrogens (tertiary/aromatic N) is 2. The molecule has 0 amide bonds. The molecule has 0 spiro atoms. The van der Waals surface area contributed by atoms with E-state index in [0.717, 1.165) is 38.1 Å². The summed E-state index contributed by atoms with van der Waals surface area (Å²) in [6.45, 7) is 2.27. The highest BCUT2D eigenvalue weighted by molar-refractivity contribution is 7.10. The summed E-state index contributed by atoms with van der Waals surface area (Å²) in [6, 6.07) is 18.2. The van der Waals surface area contributed by atoms with Gasteiger partial charge in [0.2, 0.25) is 0 Å². The normalized spacial score (nSPS) is 10.9. The molecule has 0 saturated carbocycles. The summed E-state index contributed by atoms with van der Waals surface area (Å²) in [5.41, 5.74) is 5.45. The van der Waals surface area contributed by atoms with Crippen LogP contribution < -0.4 is 4.74 Å². The molecule has 0 aliphatic heterocycles. The lowest BCUT2D eigenvalue weighted by Crippen LogP contribution is -1.98. The number of pyridine rings is 1. The Morgan fingerprint density at radius 2 is 1.97 bits per heavy atom. The smallest absolute Gasteiger partial charge is 0.141 e. The lowest BCUT2D eigenvalue weighted by molar-refractivity contribution is 0.305. The fourth-order valence-electron chi connectivity index (χ4n) is 3.73. The summed E-state index contributed by atoms with van der Waals surface area (Å²) in [5.74, 6) is 0.121. The van der Waals surface area contributed by atoms with E-state index in [9.17, 15) is 9.65 Å². The zero-order valence-electron chi connectivity index (χ0n) is 17.1. The molecule has 5 aromatic rings. The molecule has 0 aliphatic rings. The van der Waals surface area contributed by atoms with Gasteiger partial charge in [0.25, 0.3) is 0 Å². The van der Waals surface area contributed by atoms with Crippen molar-refractivity contribution in [1.82, 2.24) is 4.98 Å². The molecule has 0 bridgehead atoms. The van der Waals surface area contributed by atoms with E-state index < -0.39 is 0 Å². The number of benzene rings is 2. The molecule has 0 aliphatic carbocycles. The van der Waals surface area contributed by atoms with Gasteiger partial charge in [-0.15, -0.1) is 11.3 Å². The van der Waals surface area contributed by atoms with Gasteiger partial charge >= 0.3 is 0 Å². The number of aryl methyl sites for hydroxylation is 1. The maximum Gasteiger partial charge on any atom is 0.141 e. The van der Waals surface area contributed by atoms with E-state index in [1.54, 1.807) is 29.9 Å². The quantitative estimate of drug-likeness (QED) is 0.292. The molecule has 0 fully saturated rings. The highest BCUT2D eigenvalue weighted by atomic mass is 32.1. The lowest BCUT2D eigenvalue weighted by atomic mass is 10.0. The van der Waals surface area contributed by atoms with Gasteiger partial charge in [0, 0.05) is 21.9 Å². The number of rotatable bonds is 5. The van der Waals surface area contributed by atoms with Crippen molar-refractivity contribution in [1.29, 1.82) is 5.26 Å². The number of hydrogen-bond acceptors (Lipinski definition) is 5. The number of ether oxygens (including phenoxy) is 1. The zero-order valence-corrected chi connectivity index (χ0v) is 17.9. The summed E-state index contributed by atoms with van der Waals surface area (Å²) in [4.78, 5) is 5.57. The maximum absolute atomic E-state index is 14.2. The van der Waals surface area contributed by atoms with Crippen molar-refractivity contribution in [3.05, 3.63) is 94.5 Å². The topological polar surface area (TPSA) is 59.0 Å². The van der Waals surface area contributed by atoms with E-state index in [2.05, 4.69) is 11.1 Å². The number of aromatic nitrogens is 1. The van der Waals surface area contributed by atoms with Crippen LogP contribution in [0.2, 0.25) is 0 Å². The van der Waals surface area contributed by atoms with Gasteiger partial charge < -0.3 is 9.15 Å². The first kappa shape index (κ1) is 20.0. The predicted octanol–water partition coefficient (Wildman–Crippen LogP) is 7.12. The molecule has 2 aromatic carbocycles. The van der Waals surface area contributed by atoms with Crippen LogP contribution in [0.5, 0.6) is 5.75 Å². The molecule has 3 aromatic heterocycles. The van der Waals surface area contributed by atoms with Crippen LogP contribution in [-0.4, -0.2) is 4.98 Å². The fraction of sp³-hybridized carbons (Fsp3) is 0.0769. The van der Waals surface area contributed by atoms with Crippen LogP contribution in [0.4, 0.5) is 4.39 Å². The van der Waals surface area contributed by atoms with Gasteiger partial charge in [0.15, 0.2) is 0 Å². The Balaban J connectivity index is 1.45. The molecule has 0 unspecified atom stereocenters. The number of furan rings is 1. The highest BCUT2D eigenvalue weighted by Gasteiger charge is 2.11. The zero-order chi connectivity index (χ0) is 22.1. The summed E-state index contributed by atoms with van der Waals surface area (Å²) in [5, 5.41) is 12.3. The van der Waals surface area contributed by atoms with Crippen molar-refractivity contribution in [2.45, 2.75) is 13.5 Å². The Hall–Kier alpha value is -3.95. The highest BCUT2D eigenvalue weighted by Crippen LogP contribution is 2.32. The molecule has 6 heteroatoms. The molecule has 0 N–H and O–H groups in total. The van der Waals surface area contributed by atoms with Crippen molar-refractivity contribution in [3.8, 4) is 34.1 Å². The molecule has 0 saturated heterocycles. The first-order valence-electron chi connectivity index (χ1n) is 9.95. The summed E-state index contributed by atoms with van der Waals surface area (Å²) < 4.78 is 25.3. The van der Waals surface area contributed by atoms with Crippen molar-refractivity contribution < 1.29 is 13.5 Å². The first-order chi connectivity index (χ1) is 15.6. The van der Waals surface area contributed by atoms with E-state index >= 15 is 0 Å². The van der Waals surface area contributed by atoms with Gasteiger partial charge in [-0.1, -0.05) is 12.1 Å². The monoisotopic (exact) mass is 440 g/mol. The van der Waals surface area contributed by atoms with E-state index in [-0.39, 0.29) is 12.4 Å². The van der Waals surface area contributed by atoms with Gasteiger partial charge in [0.1, 0.15) is 29.9 Å². The fourth-order valence-corrected chi connectivity index (χ4v) is 4.45. The standard InChI is InChI=1S/C26H17FN2O2S/c1-16-23(5-7-32-16)19-9-20(27)11-22(10-19)31-14-17-2-3-24-25(18-4-6-30-15-18)12-21(13-28)29-26(24)8-17/h2-12,15H,14H2,1H3. The summed E-state index contributed by atoms with van der Waals surface area (Å²) >= 11 is 1.63. The Kier molecular flexibility index (Phi) is 5.18. The minimum Gasteiger partial charge on any atom is -0.489 e. The largest absolute Gasteiger partial charge is 0.489 e. The minimum absolute atomic E-state index is 0.251. The van der Waals surface area contributed by atoms with Crippen molar-refractivity contribution in [2.24, 2.45) is 0 Å². The number of hydrogen-bond donors (Lipinski definition) is 0. The van der Waals surface area contributed by atoms with Gasteiger partial charge in [-0.05, 0) is 71.0 Å². The predicted molar refractivity (Wildman–Crippen MR) is 123 cm³/mol. The molecular weight excluding hydrogens is 423 g/mol. The van der Waals surface area contributed by atoms with Crippen LogP contribution in [0, 0.1) is 24.1 Å². The Morgan fingerprint density at radius 1 is 1.06 bits per heavy atom. The van der Waals surface area contributed by atoms with Gasteiger partial charge in [-0.3, -0.25) is 0 Å². The van der Waals surface area contributed by atoms with Crippen LogP contribution in [0.15, 0.2) is 76.9 Å². The van der Waals surface area contributed by atoms with Gasteiger partial charge in [0.05, 0.1) is 18.0 Å². The van der Waals surface area contributed by atoms with E-state index in [1.165, 1.54) is 12.1 Å². The SMILES string of the molecule is Cc1sccc1-c1cc(F)cc(OCc2ccc3c(-c4ccoc4)cc(C#N)nc3c2)c1. The van der Waals surface area contributed by atoms with E-state index in [0.29, 0.717) is 17.0 Å². The Labute approximate surface area is 188 Å². The number of thiophene rings is 1. The molecule has 156 valence electrons. The second-order valence-electron chi connectivity index (χ2n) is 7.39. The van der Waals surface area contributed by atoms with Crippen LogP contribution in [0.25, 0.3) is 33.2 Å². The molecule has 5 rings (SSSR count). The Morgan fingerprint density at radius 3 is 2.72 bits per heavy atom. The molecule has 0 radical (unpaired) electrons. The maximum atomic E-state index is 14.2. The van der Waals surface area contributed by atoms with Gasteiger partial charge in [-0.2, -0.15) is 5.26 Å². The third kappa shape index (κ3) is 3.86. The van der Waals surface area contributed by atoms with E-state index in [4.69, 9.17) is 9.15 Å². The molecule has 4 nitrogen and oxygen atoms in total. The van der Waals surface area contributed by atoms with Gasteiger partial charge in [-0.25, -0.2) is 9.37 Å². The Bertz CT molecular complexity index is 1470. The third-order valence-corrected chi connectivity index (χ3v) is 6.11. The second kappa shape index (κ2) is 8.29. The molecule has 0 atom stereocenters. The number of halogens is 1. The first-order valence-corrected chi connectivity index (χ1v) is 10.8. The average molecular weight is 440 g/mol. The van der Waals surface area contributed by atoms with Crippen LogP contribution in [-0.2, 0) is 6.61 Å². The second-order valence-corrected chi connectivity index (χ2v) is 8.51. The molecular formula is C26H17FN2O2S. The van der Waals surface area contributed by atoms with Crippen LogP contribution in [0.1, 0.15) is 16.1 Å². The number of nitriles is 1. The van der Waals surface area contributed by atoms with Crippen molar-refractivity contribution >= 4 is 22.2 Å². The third-order valence-electron chi connectivity index (χ3n) is 5.27. The van der Waals surface area contributed by atoms with Crippen molar-refractivity contribution in [3.63, 3.8) is 0 Å². The average Bonchev–Trinajstić information content (AvgIpc) is 3.48. The lowest BCUT2D eigenvalue weighted by Gasteiger charge is -2.11. The summed E-state index contributed by atoms with van der Waals surface area (Å²) in [6.07, 6.45) is 3.24.